The topological polar surface area (TPSA) is 309 Å². The third-order valence-electron chi connectivity index (χ3n) is 15.4. The number of aromatic hydroxyl groups is 10. The maximum atomic E-state index is 13.1. The Morgan fingerprint density at radius 2 is 0.908 bits per heavy atom. The van der Waals surface area contributed by atoms with Gasteiger partial charge in [0.15, 0.2) is 40.6 Å². The van der Waals surface area contributed by atoms with E-state index >= 15 is 0 Å². The van der Waals surface area contributed by atoms with Gasteiger partial charge in [-0.25, -0.2) is 0 Å². The lowest BCUT2D eigenvalue weighted by molar-refractivity contribution is -0.227. The molecule has 6 aromatic rings. The Balaban J connectivity index is 1.09. The average molecular weight is 1060 g/mol. The number of benzene rings is 6. The van der Waals surface area contributed by atoms with Crippen LogP contribution in [0.5, 0.6) is 86.2 Å². The number of thioether (sulfide) groups is 1. The SMILES string of the molecule is CCCCCCCCCCCCSC1c2c(O)cc3c(c2OC(c2ccc(O)c(O)c2)C1O)C1c2c(O)cc4c(c2OC(c2ccc(O)c(O)c2)(O3)C1O)C1c2c(O)cc(O)cc2OC(c2ccc(O)c(O)c2)(O4)C1O. The van der Waals surface area contributed by atoms with Gasteiger partial charge in [0.2, 0.25) is 0 Å². The lowest BCUT2D eigenvalue weighted by atomic mass is 9.70. The highest BCUT2D eigenvalue weighted by molar-refractivity contribution is 7.99. The number of aliphatic hydroxyl groups is 3. The van der Waals surface area contributed by atoms with Crippen molar-refractivity contribution in [2.24, 2.45) is 0 Å². The van der Waals surface area contributed by atoms with Crippen molar-refractivity contribution in [2.45, 2.75) is 124 Å². The van der Waals surface area contributed by atoms with Gasteiger partial charge >= 0.3 is 11.6 Å². The highest BCUT2D eigenvalue weighted by atomic mass is 32.2. The van der Waals surface area contributed by atoms with E-state index in [-0.39, 0.29) is 79.0 Å². The summed E-state index contributed by atoms with van der Waals surface area (Å²) in [4.78, 5) is 0. The van der Waals surface area contributed by atoms with Crippen molar-refractivity contribution in [1.29, 1.82) is 0 Å². The average Bonchev–Trinajstić information content (AvgIpc) is 3.50. The normalized spacial score (nSPS) is 25.2. The van der Waals surface area contributed by atoms with Gasteiger partial charge in [-0.1, -0.05) is 70.8 Å². The minimum absolute atomic E-state index is 0.0407. The Labute approximate surface area is 439 Å². The molecule has 9 atom stereocenters. The van der Waals surface area contributed by atoms with E-state index in [2.05, 4.69) is 6.92 Å². The molecule has 5 heterocycles. The number of phenols is 10. The van der Waals surface area contributed by atoms with Crippen molar-refractivity contribution in [2.75, 3.05) is 5.75 Å². The van der Waals surface area contributed by atoms with Crippen LogP contribution < -0.4 is 23.7 Å². The van der Waals surface area contributed by atoms with Crippen LogP contribution in [0.4, 0.5) is 0 Å². The number of hydrogen-bond donors (Lipinski definition) is 13. The summed E-state index contributed by atoms with van der Waals surface area (Å²) in [7, 11) is 0. The molecule has 0 saturated heterocycles. The lowest BCUT2D eigenvalue weighted by Gasteiger charge is -2.54. The molecule has 400 valence electrons. The molecular weight excluding hydrogens is 1000 g/mol. The van der Waals surface area contributed by atoms with E-state index in [1.54, 1.807) is 0 Å². The smallest absolute Gasteiger partial charge is 0.305 e. The first kappa shape index (κ1) is 50.7. The molecule has 0 saturated carbocycles. The molecule has 11 rings (SSSR count). The van der Waals surface area contributed by atoms with Gasteiger partial charge in [-0.2, -0.15) is 11.8 Å². The summed E-state index contributed by atoms with van der Waals surface area (Å²) in [6.45, 7) is 2.19. The van der Waals surface area contributed by atoms with Crippen molar-refractivity contribution < 1.29 is 90.1 Å². The Morgan fingerprint density at radius 1 is 0.434 bits per heavy atom. The number of unbranched alkanes of at least 4 members (excludes halogenated alkanes) is 9. The first-order valence-electron chi connectivity index (χ1n) is 25.5. The number of ether oxygens (including phenoxy) is 5. The molecule has 0 radical (unpaired) electrons. The predicted octanol–water partition coefficient (Wildman–Crippen LogP) is 9.19. The number of aliphatic hydroxyl groups excluding tert-OH is 3. The molecule has 5 aliphatic rings. The monoisotopic (exact) mass is 1060 g/mol. The molecule has 18 nitrogen and oxygen atoms in total. The van der Waals surface area contributed by atoms with E-state index in [1.165, 1.54) is 92.4 Å². The molecule has 13 N–H and O–H groups in total. The summed E-state index contributed by atoms with van der Waals surface area (Å²) in [5.74, 6) is -13.2. The molecule has 76 heavy (non-hydrogen) atoms. The van der Waals surface area contributed by atoms with E-state index in [4.69, 9.17) is 23.7 Å². The second-order valence-electron chi connectivity index (χ2n) is 20.2. The van der Waals surface area contributed by atoms with Crippen LogP contribution in [0, 0.1) is 0 Å². The predicted molar refractivity (Wildman–Crippen MR) is 273 cm³/mol. The molecule has 0 spiro atoms. The minimum atomic E-state index is -2.45. The van der Waals surface area contributed by atoms with Crippen molar-refractivity contribution in [3.8, 4) is 86.2 Å². The van der Waals surface area contributed by atoms with Crippen LogP contribution in [-0.4, -0.2) is 90.4 Å². The first-order valence-corrected chi connectivity index (χ1v) is 26.5. The Hall–Kier alpha value is -7.45. The number of phenolic OH excluding ortho intramolecular Hbond substituents is 10. The maximum Gasteiger partial charge on any atom is 0.305 e. The molecule has 0 aromatic heterocycles. The van der Waals surface area contributed by atoms with Crippen molar-refractivity contribution >= 4 is 11.8 Å². The molecule has 0 aliphatic carbocycles. The van der Waals surface area contributed by atoms with Gasteiger partial charge in [0.25, 0.3) is 0 Å². The third kappa shape index (κ3) is 8.04. The first-order chi connectivity index (χ1) is 36.5. The van der Waals surface area contributed by atoms with Gasteiger partial charge in [-0.3, -0.25) is 0 Å². The van der Waals surface area contributed by atoms with E-state index in [0.717, 1.165) is 62.4 Å². The zero-order valence-corrected chi connectivity index (χ0v) is 41.9. The molecule has 0 fully saturated rings. The van der Waals surface area contributed by atoms with Gasteiger partial charge < -0.3 is 90.1 Å². The Morgan fingerprint density at radius 3 is 1.47 bits per heavy atom. The summed E-state index contributed by atoms with van der Waals surface area (Å²) in [5, 5.41) is 148. The Kier molecular flexibility index (Phi) is 12.9. The van der Waals surface area contributed by atoms with Crippen molar-refractivity contribution in [3.05, 3.63) is 123 Å². The van der Waals surface area contributed by atoms with Gasteiger partial charge in [0.05, 0.1) is 22.6 Å². The van der Waals surface area contributed by atoms with Gasteiger partial charge in [0, 0.05) is 57.6 Å². The van der Waals surface area contributed by atoms with E-state index in [9.17, 15) is 66.4 Å². The van der Waals surface area contributed by atoms with Gasteiger partial charge in [0.1, 0.15) is 70.1 Å². The summed E-state index contributed by atoms with van der Waals surface area (Å²) < 4.78 is 33.4. The third-order valence-corrected chi connectivity index (χ3v) is 16.8. The van der Waals surface area contributed by atoms with E-state index in [0.29, 0.717) is 5.75 Å². The zero-order chi connectivity index (χ0) is 53.5. The summed E-state index contributed by atoms with van der Waals surface area (Å²) in [6, 6.07) is 15.7. The van der Waals surface area contributed by atoms with E-state index in [1.807, 2.05) is 0 Å². The molecule has 9 unspecified atom stereocenters. The summed E-state index contributed by atoms with van der Waals surface area (Å²) in [6.07, 6.45) is 4.60. The van der Waals surface area contributed by atoms with E-state index < -0.39 is 105 Å². The lowest BCUT2D eigenvalue weighted by Crippen LogP contribution is -2.59. The van der Waals surface area contributed by atoms with Crippen LogP contribution in [0.2, 0.25) is 0 Å². The van der Waals surface area contributed by atoms with Crippen LogP contribution in [0.1, 0.15) is 139 Å². The van der Waals surface area contributed by atoms with Crippen LogP contribution >= 0.6 is 11.8 Å². The van der Waals surface area contributed by atoms with Crippen molar-refractivity contribution in [1.82, 2.24) is 0 Å². The summed E-state index contributed by atoms with van der Waals surface area (Å²) in [5.41, 5.74) is 0.0234. The second kappa shape index (κ2) is 19.3. The number of hydrogen-bond acceptors (Lipinski definition) is 19. The van der Waals surface area contributed by atoms with Crippen LogP contribution in [0.15, 0.2) is 78.9 Å². The highest BCUT2D eigenvalue weighted by Crippen LogP contribution is 2.68. The fraction of sp³-hybridized carbons (Fsp3) is 0.368. The second-order valence-corrected chi connectivity index (χ2v) is 21.5. The standard InChI is InChI=1S/C57H58O18S/c1-2-3-4-5-6-7-8-9-10-11-18-76-53-44-38(67)25-40-45(51(44)71-50(49(53)68)26-12-15-30(59)33(62)19-26)48-43-37(66)24-41-46(52(43)75-57(74-40,55(48)70)28-14-17-32(61)35(64)21-28)47-42-36(65)22-29(58)23-39(42)72-56(73-41,54(47)69)27-13-16-31(60)34(63)20-27/h12-17,19-25,47-50,53-55,58-70H,2-11,18H2,1H3. The molecule has 19 heteroatoms. The molecule has 0 amide bonds. The zero-order valence-electron chi connectivity index (χ0n) is 41.1. The van der Waals surface area contributed by atoms with Crippen molar-refractivity contribution in [3.63, 3.8) is 0 Å². The quantitative estimate of drug-likeness (QED) is 0.0337. The fourth-order valence-electron chi connectivity index (χ4n) is 11.7. The Bertz CT molecular complexity index is 3260. The maximum absolute atomic E-state index is 13.1. The van der Waals surface area contributed by atoms with Gasteiger partial charge in [-0.05, 0) is 66.3 Å². The molecular formula is C57H58O18S. The minimum Gasteiger partial charge on any atom is -0.508 e. The largest absolute Gasteiger partial charge is 0.508 e. The highest BCUT2D eigenvalue weighted by Gasteiger charge is 2.65. The van der Waals surface area contributed by atoms with Gasteiger partial charge in [-0.15, -0.1) is 0 Å². The summed E-state index contributed by atoms with van der Waals surface area (Å²) >= 11 is 1.37. The molecule has 5 aliphatic heterocycles. The fourth-order valence-corrected chi connectivity index (χ4v) is 13.1. The number of rotatable bonds is 15. The van der Waals surface area contributed by atoms with Crippen LogP contribution in [0.25, 0.3) is 0 Å². The van der Waals surface area contributed by atoms with Crippen LogP contribution in [-0.2, 0) is 11.6 Å². The number of fused-ring (bicyclic) bond motifs is 15. The molecule has 4 bridgehead atoms. The molecule has 6 aromatic carbocycles. The van der Waals surface area contributed by atoms with Crippen LogP contribution in [0.3, 0.4) is 0 Å².